The van der Waals surface area contributed by atoms with E-state index in [0.717, 1.165) is 0 Å². The minimum atomic E-state index is -0.725. The highest BCUT2D eigenvalue weighted by Gasteiger charge is 1.99. The molecule has 3 heteroatoms. The molecule has 0 fully saturated rings. The van der Waals surface area contributed by atoms with Crippen LogP contribution in [0.5, 0.6) is 0 Å². The molecule has 0 aliphatic rings. The smallest absolute Gasteiger partial charge is 0.0802 e. The molecule has 0 aliphatic heterocycles. The van der Waals surface area contributed by atoms with E-state index in [4.69, 9.17) is 15.3 Å². The number of hydrogen-bond donors (Lipinski definition) is 3. The second-order valence-electron chi connectivity index (χ2n) is 1.85. The first-order valence-corrected chi connectivity index (χ1v) is 3.04. The Morgan fingerprint density at radius 1 is 1.33 bits per heavy atom. The highest BCUT2D eigenvalue weighted by Crippen LogP contribution is 1.96. The normalized spacial score (nSPS) is 13.7. The summed E-state index contributed by atoms with van der Waals surface area (Å²) in [6.45, 7) is -0.0971. The van der Waals surface area contributed by atoms with Crippen LogP contribution in [0.3, 0.4) is 0 Å². The molecular weight excluding hydrogens is 120 g/mol. The van der Waals surface area contributed by atoms with Gasteiger partial charge in [0.15, 0.2) is 0 Å². The van der Waals surface area contributed by atoms with Gasteiger partial charge in [0.2, 0.25) is 0 Å². The Balaban J connectivity index is 2.88. The molecule has 0 aromatic carbocycles. The maximum absolute atomic E-state index is 8.70. The predicted octanol–water partition coefficient (Wildman–Crippen LogP) is -0.684. The SMILES string of the molecule is OCCC[CH]C(O)CO. The van der Waals surface area contributed by atoms with Crippen LogP contribution < -0.4 is 0 Å². The molecule has 0 saturated heterocycles. The quantitative estimate of drug-likeness (QED) is 0.435. The minimum absolute atomic E-state index is 0.134. The first kappa shape index (κ1) is 8.88. The summed E-state index contributed by atoms with van der Waals surface area (Å²) in [6.07, 6.45) is 2.16. The van der Waals surface area contributed by atoms with E-state index in [1.165, 1.54) is 0 Å². The van der Waals surface area contributed by atoms with Gasteiger partial charge in [-0.15, -0.1) is 0 Å². The third-order valence-electron chi connectivity index (χ3n) is 0.988. The molecule has 3 N–H and O–H groups in total. The summed E-state index contributed by atoms with van der Waals surface area (Å²) in [5, 5.41) is 25.3. The molecule has 0 rings (SSSR count). The van der Waals surface area contributed by atoms with Crippen LogP contribution in [0.4, 0.5) is 0 Å². The van der Waals surface area contributed by atoms with E-state index in [-0.39, 0.29) is 13.2 Å². The summed E-state index contributed by atoms with van der Waals surface area (Å²) in [4.78, 5) is 0. The number of rotatable bonds is 5. The Bertz CT molecular complexity index is 56.3. The van der Waals surface area contributed by atoms with E-state index in [1.807, 2.05) is 0 Å². The molecule has 55 valence electrons. The van der Waals surface area contributed by atoms with Crippen molar-refractivity contribution in [3.05, 3.63) is 6.42 Å². The molecule has 0 spiro atoms. The van der Waals surface area contributed by atoms with Gasteiger partial charge >= 0.3 is 0 Å². The van der Waals surface area contributed by atoms with Crippen molar-refractivity contribution in [2.24, 2.45) is 0 Å². The molecular formula is C6H13O3. The van der Waals surface area contributed by atoms with Gasteiger partial charge in [-0.1, -0.05) is 0 Å². The van der Waals surface area contributed by atoms with Crippen LogP contribution >= 0.6 is 0 Å². The van der Waals surface area contributed by atoms with Crippen LogP contribution in [0.2, 0.25) is 0 Å². The van der Waals surface area contributed by atoms with Crippen LogP contribution in [0, 0.1) is 6.42 Å². The van der Waals surface area contributed by atoms with Gasteiger partial charge in [-0.25, -0.2) is 0 Å². The lowest BCUT2D eigenvalue weighted by Crippen LogP contribution is -2.12. The molecule has 0 aromatic rings. The van der Waals surface area contributed by atoms with Gasteiger partial charge in [0.1, 0.15) is 0 Å². The van der Waals surface area contributed by atoms with Gasteiger partial charge < -0.3 is 15.3 Å². The Hall–Kier alpha value is -0.120. The number of aliphatic hydroxyl groups is 3. The molecule has 0 bridgehead atoms. The largest absolute Gasteiger partial charge is 0.396 e. The van der Waals surface area contributed by atoms with Gasteiger partial charge in [-0.05, 0) is 19.3 Å². The zero-order chi connectivity index (χ0) is 7.11. The monoisotopic (exact) mass is 133 g/mol. The fourth-order valence-electron chi connectivity index (χ4n) is 0.476. The van der Waals surface area contributed by atoms with Crippen molar-refractivity contribution >= 4 is 0 Å². The van der Waals surface area contributed by atoms with E-state index in [1.54, 1.807) is 6.42 Å². The molecule has 1 radical (unpaired) electrons. The summed E-state index contributed by atoms with van der Waals surface area (Å²) in [7, 11) is 0. The van der Waals surface area contributed by atoms with Gasteiger partial charge in [0.05, 0.1) is 12.7 Å². The summed E-state index contributed by atoms with van der Waals surface area (Å²) in [5.41, 5.74) is 0. The van der Waals surface area contributed by atoms with E-state index in [9.17, 15) is 0 Å². The third kappa shape index (κ3) is 5.76. The molecule has 0 aliphatic carbocycles. The van der Waals surface area contributed by atoms with Crippen LogP contribution in [0.25, 0.3) is 0 Å². The standard InChI is InChI=1S/C6H13O3/c7-4-2-1-3-6(9)5-8/h3,6-9H,1-2,4-5H2. The van der Waals surface area contributed by atoms with E-state index >= 15 is 0 Å². The average molecular weight is 133 g/mol. The highest BCUT2D eigenvalue weighted by molar-refractivity contribution is 4.73. The molecule has 0 aromatic heterocycles. The van der Waals surface area contributed by atoms with Gasteiger partial charge in [0, 0.05) is 6.61 Å². The van der Waals surface area contributed by atoms with E-state index in [2.05, 4.69) is 0 Å². The lowest BCUT2D eigenvalue weighted by Gasteiger charge is -2.03. The Morgan fingerprint density at radius 3 is 2.44 bits per heavy atom. The molecule has 1 unspecified atom stereocenters. The Kier molecular flexibility index (Phi) is 5.93. The minimum Gasteiger partial charge on any atom is -0.396 e. The summed E-state index contributed by atoms with van der Waals surface area (Å²) < 4.78 is 0. The molecule has 1 atom stereocenters. The van der Waals surface area contributed by atoms with E-state index < -0.39 is 6.10 Å². The number of aliphatic hydroxyl groups excluding tert-OH is 3. The Labute approximate surface area is 54.9 Å². The van der Waals surface area contributed by atoms with Crippen molar-refractivity contribution in [2.75, 3.05) is 13.2 Å². The second kappa shape index (κ2) is 6.01. The van der Waals surface area contributed by atoms with Crippen molar-refractivity contribution < 1.29 is 15.3 Å². The molecule has 9 heavy (non-hydrogen) atoms. The maximum Gasteiger partial charge on any atom is 0.0802 e. The van der Waals surface area contributed by atoms with Crippen molar-refractivity contribution in [3.8, 4) is 0 Å². The lowest BCUT2D eigenvalue weighted by molar-refractivity contribution is 0.115. The summed E-state index contributed by atoms with van der Waals surface area (Å²) in [6, 6.07) is 0. The topological polar surface area (TPSA) is 60.7 Å². The maximum atomic E-state index is 8.70. The van der Waals surface area contributed by atoms with Crippen molar-refractivity contribution in [2.45, 2.75) is 18.9 Å². The molecule has 3 nitrogen and oxygen atoms in total. The van der Waals surface area contributed by atoms with Gasteiger partial charge in [0.25, 0.3) is 0 Å². The van der Waals surface area contributed by atoms with Crippen molar-refractivity contribution in [1.29, 1.82) is 0 Å². The molecule has 0 amide bonds. The lowest BCUT2D eigenvalue weighted by atomic mass is 10.2. The molecule has 0 heterocycles. The zero-order valence-electron chi connectivity index (χ0n) is 5.32. The second-order valence-corrected chi connectivity index (χ2v) is 1.85. The van der Waals surface area contributed by atoms with Gasteiger partial charge in [-0.2, -0.15) is 0 Å². The fourth-order valence-corrected chi connectivity index (χ4v) is 0.476. The fraction of sp³-hybridized carbons (Fsp3) is 0.833. The van der Waals surface area contributed by atoms with Crippen LogP contribution in [0.1, 0.15) is 12.8 Å². The predicted molar refractivity (Wildman–Crippen MR) is 33.7 cm³/mol. The van der Waals surface area contributed by atoms with E-state index in [0.29, 0.717) is 12.8 Å². The number of hydrogen-bond acceptors (Lipinski definition) is 3. The van der Waals surface area contributed by atoms with Gasteiger partial charge in [-0.3, -0.25) is 0 Å². The van der Waals surface area contributed by atoms with Crippen LogP contribution in [0.15, 0.2) is 0 Å². The van der Waals surface area contributed by atoms with Crippen LogP contribution in [-0.4, -0.2) is 34.6 Å². The first-order valence-electron chi connectivity index (χ1n) is 3.04. The zero-order valence-corrected chi connectivity index (χ0v) is 5.32. The van der Waals surface area contributed by atoms with Crippen molar-refractivity contribution in [3.63, 3.8) is 0 Å². The average Bonchev–Trinajstić information content (AvgIpc) is 1.89. The Morgan fingerprint density at radius 2 is 2.00 bits per heavy atom. The number of unbranched alkanes of at least 4 members (excludes halogenated alkanes) is 1. The molecule has 0 saturated carbocycles. The first-order chi connectivity index (χ1) is 4.31. The van der Waals surface area contributed by atoms with Crippen LogP contribution in [-0.2, 0) is 0 Å². The summed E-state index contributed by atoms with van der Waals surface area (Å²) in [5.74, 6) is 0. The van der Waals surface area contributed by atoms with Crippen molar-refractivity contribution in [1.82, 2.24) is 0 Å². The highest BCUT2D eigenvalue weighted by atomic mass is 16.3. The third-order valence-corrected chi connectivity index (χ3v) is 0.988. The summed E-state index contributed by atoms with van der Waals surface area (Å²) >= 11 is 0.